The predicted octanol–water partition coefficient (Wildman–Crippen LogP) is 6.27. The van der Waals surface area contributed by atoms with Crippen molar-refractivity contribution in [1.82, 2.24) is 19.9 Å². The van der Waals surface area contributed by atoms with E-state index in [0.717, 1.165) is 62.8 Å². The number of aromatic nitrogens is 4. The molecule has 14 heteroatoms. The van der Waals surface area contributed by atoms with E-state index >= 15 is 0 Å². The van der Waals surface area contributed by atoms with Crippen molar-refractivity contribution in [2.75, 3.05) is 14.2 Å². The minimum absolute atomic E-state index is 0.167. The van der Waals surface area contributed by atoms with Crippen molar-refractivity contribution in [2.24, 2.45) is 0 Å². The van der Waals surface area contributed by atoms with Gasteiger partial charge >= 0.3 is 24.3 Å². The van der Waals surface area contributed by atoms with Crippen molar-refractivity contribution in [2.45, 2.75) is 12.4 Å². The number of hydrogen-bond acceptors (Lipinski definition) is 6. The first-order valence-corrected chi connectivity index (χ1v) is 11.3. The molecule has 8 nitrogen and oxygen atoms in total. The lowest BCUT2D eigenvalue weighted by molar-refractivity contribution is -0.137. The van der Waals surface area contributed by atoms with Gasteiger partial charge in [-0.3, -0.25) is 0 Å². The maximum Gasteiger partial charge on any atom is 0.420 e. The fourth-order valence-corrected chi connectivity index (χ4v) is 4.44. The molecule has 5 heterocycles. The van der Waals surface area contributed by atoms with E-state index in [1.54, 1.807) is 0 Å². The summed E-state index contributed by atoms with van der Waals surface area (Å²) in [4.78, 5) is 38.3. The standard InChI is InChI=1S/C26H16F6N4O4/c1-39-23(37)19-11-3-7-15(33-11)21(25(27,28)29)17-9-5-13(35-17)20(24(38)40-2)14-6-10-18(36-14)22(26(30,31)32)16-8-4-12(19)34-16/h3-10,33-34H,1-2H3. The number of ether oxygens (including phenoxy) is 2. The van der Waals surface area contributed by atoms with E-state index in [4.69, 9.17) is 9.47 Å². The van der Waals surface area contributed by atoms with Crippen molar-refractivity contribution < 1.29 is 45.4 Å². The highest BCUT2D eigenvalue weighted by Crippen LogP contribution is 2.38. The first-order valence-electron chi connectivity index (χ1n) is 11.3. The molecule has 40 heavy (non-hydrogen) atoms. The highest BCUT2D eigenvalue weighted by molar-refractivity contribution is 6.05. The van der Waals surface area contributed by atoms with Crippen molar-refractivity contribution in [3.8, 4) is 0 Å². The van der Waals surface area contributed by atoms with E-state index in [2.05, 4.69) is 19.9 Å². The average molecular weight is 562 g/mol. The number of carbonyl (C=O) groups is 2. The van der Waals surface area contributed by atoms with Crippen LogP contribution in [0.5, 0.6) is 0 Å². The molecular formula is C26H16F6N4O4. The van der Waals surface area contributed by atoms with Gasteiger partial charge in [0.25, 0.3) is 0 Å². The van der Waals surface area contributed by atoms with E-state index in [1.807, 2.05) is 0 Å². The van der Waals surface area contributed by atoms with Gasteiger partial charge in [-0.25, -0.2) is 19.6 Å². The first kappa shape index (κ1) is 26.7. The van der Waals surface area contributed by atoms with Crippen LogP contribution in [-0.2, 0) is 21.8 Å². The van der Waals surface area contributed by atoms with Gasteiger partial charge in [0, 0.05) is 0 Å². The Morgan fingerprint density at radius 2 is 0.950 bits per heavy atom. The highest BCUT2D eigenvalue weighted by Gasteiger charge is 2.38. The monoisotopic (exact) mass is 562 g/mol. The molecule has 0 fully saturated rings. The van der Waals surface area contributed by atoms with E-state index in [0.29, 0.717) is 0 Å². The molecule has 0 radical (unpaired) electrons. The van der Waals surface area contributed by atoms with Crippen LogP contribution in [0, 0.1) is 0 Å². The Hall–Kier alpha value is -4.88. The van der Waals surface area contributed by atoms with Crippen molar-refractivity contribution in [3.05, 3.63) is 69.3 Å². The summed E-state index contributed by atoms with van der Waals surface area (Å²) in [6.07, 6.45) is -5.71. The molecule has 2 N–H and O–H groups in total. The van der Waals surface area contributed by atoms with Crippen LogP contribution in [0.2, 0.25) is 0 Å². The summed E-state index contributed by atoms with van der Waals surface area (Å²) in [5.41, 5.74) is -6.34. The zero-order valence-electron chi connectivity index (χ0n) is 20.4. The van der Waals surface area contributed by atoms with Crippen LogP contribution in [0.1, 0.15) is 54.6 Å². The molecule has 8 bridgehead atoms. The molecule has 2 aliphatic rings. The van der Waals surface area contributed by atoms with Gasteiger partial charge in [0.15, 0.2) is 0 Å². The summed E-state index contributed by atoms with van der Waals surface area (Å²) in [7, 11) is 2.02. The number of H-pyrrole nitrogens is 2. The van der Waals surface area contributed by atoms with Crippen LogP contribution >= 0.6 is 0 Å². The lowest BCUT2D eigenvalue weighted by Crippen LogP contribution is -2.10. The lowest BCUT2D eigenvalue weighted by atomic mass is 10.1. The number of halogens is 6. The van der Waals surface area contributed by atoms with Gasteiger partial charge in [-0.05, 0) is 48.6 Å². The average Bonchev–Trinajstić information content (AvgIpc) is 3.67. The number of fused-ring (bicyclic) bond motifs is 8. The normalized spacial score (nSPS) is 13.0. The van der Waals surface area contributed by atoms with Gasteiger partial charge in [0.1, 0.15) is 22.3 Å². The molecule has 3 aromatic heterocycles. The number of esters is 2. The van der Waals surface area contributed by atoms with Gasteiger partial charge in [0.05, 0.1) is 59.1 Å². The predicted molar refractivity (Wildman–Crippen MR) is 132 cm³/mol. The smallest absolute Gasteiger partial charge is 0.420 e. The van der Waals surface area contributed by atoms with Gasteiger partial charge in [-0.1, -0.05) is 0 Å². The van der Waals surface area contributed by atoms with Crippen LogP contribution < -0.4 is 0 Å². The fourth-order valence-electron chi connectivity index (χ4n) is 4.44. The van der Waals surface area contributed by atoms with Crippen LogP contribution in [0.25, 0.3) is 46.4 Å². The third-order valence-electron chi connectivity index (χ3n) is 6.10. The Bertz CT molecular complexity index is 1680. The van der Waals surface area contributed by atoms with Gasteiger partial charge in [-0.2, -0.15) is 26.3 Å². The number of alkyl halides is 6. The second-order valence-electron chi connectivity index (χ2n) is 8.48. The van der Waals surface area contributed by atoms with Crippen molar-refractivity contribution >= 4 is 58.3 Å². The molecule has 0 spiro atoms. The molecule has 0 amide bonds. The molecule has 206 valence electrons. The van der Waals surface area contributed by atoms with Crippen LogP contribution in [0.15, 0.2) is 24.3 Å². The van der Waals surface area contributed by atoms with Gasteiger partial charge in [-0.15, -0.1) is 0 Å². The van der Waals surface area contributed by atoms with Crippen molar-refractivity contribution in [3.63, 3.8) is 0 Å². The van der Waals surface area contributed by atoms with E-state index in [9.17, 15) is 35.9 Å². The Morgan fingerprint density at radius 1 is 0.600 bits per heavy atom. The Labute approximate surface area is 220 Å². The number of carbonyl (C=O) groups excluding carboxylic acids is 2. The third kappa shape index (κ3) is 4.50. The zero-order valence-corrected chi connectivity index (χ0v) is 20.4. The Kier molecular flexibility index (Phi) is 6.27. The molecule has 0 saturated heterocycles. The summed E-state index contributed by atoms with van der Waals surface area (Å²) >= 11 is 0. The first-order chi connectivity index (χ1) is 18.8. The number of nitrogens with zero attached hydrogens (tertiary/aromatic N) is 2. The number of rotatable bonds is 2. The molecular weight excluding hydrogens is 546 g/mol. The van der Waals surface area contributed by atoms with Gasteiger partial charge < -0.3 is 19.4 Å². The number of nitrogens with one attached hydrogen (secondary N) is 2. The Morgan fingerprint density at radius 3 is 1.32 bits per heavy atom. The number of hydrogen-bond donors (Lipinski definition) is 2. The van der Waals surface area contributed by atoms with Crippen molar-refractivity contribution in [1.29, 1.82) is 0 Å². The molecule has 5 rings (SSSR count). The molecule has 0 saturated carbocycles. The Balaban J connectivity index is 2.07. The van der Waals surface area contributed by atoms with E-state index in [1.165, 1.54) is 0 Å². The fraction of sp³-hybridized carbons (Fsp3) is 0.154. The maximum atomic E-state index is 14.3. The second kappa shape index (κ2) is 9.39. The number of methoxy groups -OCH3 is 2. The number of aromatic amines is 2. The minimum atomic E-state index is -4.95. The maximum absolute atomic E-state index is 14.3. The summed E-state index contributed by atoms with van der Waals surface area (Å²) in [6.45, 7) is 0. The molecule has 0 aromatic carbocycles. The van der Waals surface area contributed by atoms with Crippen LogP contribution in [0.3, 0.4) is 0 Å². The van der Waals surface area contributed by atoms with Crippen LogP contribution in [-0.4, -0.2) is 46.1 Å². The molecule has 0 unspecified atom stereocenters. The summed E-state index contributed by atoms with van der Waals surface area (Å²) < 4.78 is 95.3. The summed E-state index contributed by atoms with van der Waals surface area (Å²) in [5.74, 6) is -2.09. The molecule has 0 aliphatic carbocycles. The van der Waals surface area contributed by atoms with Crippen LogP contribution in [0.4, 0.5) is 26.3 Å². The van der Waals surface area contributed by atoms with E-state index in [-0.39, 0.29) is 28.0 Å². The SMILES string of the molecule is COC(=O)c1c2nc(c(C(F)(F)F)c3ccc([nH]3)c(C(=O)OC)c3ccc([nH]3)c(C(F)(F)F)c3nc1C=C3)C=C2. The van der Waals surface area contributed by atoms with Gasteiger partial charge in [0.2, 0.25) is 0 Å². The summed E-state index contributed by atoms with van der Waals surface area (Å²) in [6, 6.07) is 4.39. The largest absolute Gasteiger partial charge is 0.465 e. The third-order valence-corrected chi connectivity index (χ3v) is 6.10. The minimum Gasteiger partial charge on any atom is -0.465 e. The molecule has 0 atom stereocenters. The molecule has 3 aromatic rings. The molecule has 2 aliphatic heterocycles. The topological polar surface area (TPSA) is 110 Å². The summed E-state index contributed by atoms with van der Waals surface area (Å²) in [5, 5.41) is 0. The van der Waals surface area contributed by atoms with E-state index < -0.39 is 63.4 Å². The second-order valence-corrected chi connectivity index (χ2v) is 8.48. The quantitative estimate of drug-likeness (QED) is 0.194. The lowest BCUT2D eigenvalue weighted by Gasteiger charge is -2.08. The highest BCUT2D eigenvalue weighted by atomic mass is 19.4. The zero-order chi connectivity index (χ0) is 29.0.